The molecule has 0 spiro atoms. The molecule has 2 aromatic carbocycles. The van der Waals surface area contributed by atoms with Gasteiger partial charge in [0.15, 0.2) is 11.6 Å². The molecule has 0 saturated heterocycles. The normalized spacial score (nSPS) is 27.6. The molecule has 4 unspecified atom stereocenters. The topological polar surface area (TPSA) is 0 Å². The molecule has 150 valence electrons. The maximum absolute atomic E-state index is 15.3. The van der Waals surface area contributed by atoms with Crippen molar-refractivity contribution in [2.45, 2.75) is 64.2 Å². The molecule has 0 N–H and O–H groups in total. The van der Waals surface area contributed by atoms with Gasteiger partial charge in [-0.05, 0) is 91.2 Å². The molecule has 2 fully saturated rings. The van der Waals surface area contributed by atoms with Gasteiger partial charge >= 0.3 is 0 Å². The summed E-state index contributed by atoms with van der Waals surface area (Å²) in [5.41, 5.74) is 0.857. The number of hydrogen-bond donors (Lipinski definition) is 0. The maximum Gasteiger partial charge on any atom is 0.169 e. The second kappa shape index (κ2) is 7.93. The number of benzene rings is 2. The molecule has 0 bridgehead atoms. The molecule has 4 rings (SSSR count). The van der Waals surface area contributed by atoms with Crippen LogP contribution in [0.3, 0.4) is 0 Å². The summed E-state index contributed by atoms with van der Waals surface area (Å²) in [5.74, 6) is -0.217. The first kappa shape index (κ1) is 19.5. The van der Waals surface area contributed by atoms with E-state index in [1.807, 2.05) is 6.07 Å². The fourth-order valence-corrected chi connectivity index (χ4v) is 5.61. The standard InChI is InChI=1S/C25H29F3/c1-3-4-5-20-14-19-10-11-21(24(27)22(19)25(28)23(20)26)18-9-8-16-12-15(2)6-7-17(16)13-18/h3,10-11,14-18H,1,4-9,12-13H2,2H3. The van der Waals surface area contributed by atoms with Gasteiger partial charge in [0.25, 0.3) is 0 Å². The van der Waals surface area contributed by atoms with Crippen molar-refractivity contribution in [3.05, 3.63) is 59.4 Å². The lowest BCUT2D eigenvalue weighted by Crippen LogP contribution is -2.30. The Morgan fingerprint density at radius 3 is 2.50 bits per heavy atom. The molecule has 28 heavy (non-hydrogen) atoms. The van der Waals surface area contributed by atoms with Gasteiger partial charge in [-0.2, -0.15) is 0 Å². The van der Waals surface area contributed by atoms with Crippen LogP contribution in [0, 0.1) is 35.2 Å². The number of hydrogen-bond acceptors (Lipinski definition) is 0. The summed E-state index contributed by atoms with van der Waals surface area (Å²) < 4.78 is 44.6. The van der Waals surface area contributed by atoms with Crippen molar-refractivity contribution in [1.82, 2.24) is 0 Å². The van der Waals surface area contributed by atoms with Gasteiger partial charge in [-0.3, -0.25) is 0 Å². The predicted octanol–water partition coefficient (Wildman–Crippen LogP) is 7.70. The van der Waals surface area contributed by atoms with Gasteiger partial charge in [0, 0.05) is 0 Å². The second-order valence-corrected chi connectivity index (χ2v) is 9.01. The monoisotopic (exact) mass is 386 g/mol. The van der Waals surface area contributed by atoms with E-state index in [0.717, 1.165) is 31.1 Å². The molecule has 2 aliphatic rings. The van der Waals surface area contributed by atoms with Gasteiger partial charge in [-0.1, -0.05) is 31.6 Å². The molecule has 3 heteroatoms. The Morgan fingerprint density at radius 1 is 0.964 bits per heavy atom. The van der Waals surface area contributed by atoms with E-state index >= 15 is 4.39 Å². The SMILES string of the molecule is C=CCCc1cc2ccc(C3CCC4CC(C)CCC4C3)c(F)c2c(F)c1F. The fraction of sp³-hybridized carbons (Fsp3) is 0.520. The van der Waals surface area contributed by atoms with E-state index in [1.165, 1.54) is 19.3 Å². The van der Waals surface area contributed by atoms with Crippen LogP contribution >= 0.6 is 0 Å². The average molecular weight is 387 g/mol. The molecular weight excluding hydrogens is 357 g/mol. The van der Waals surface area contributed by atoms with Crippen LogP contribution in [0.1, 0.15) is 68.9 Å². The minimum atomic E-state index is -1.05. The third-order valence-corrected chi connectivity index (χ3v) is 7.16. The zero-order chi connectivity index (χ0) is 19.8. The zero-order valence-corrected chi connectivity index (χ0v) is 16.6. The molecule has 2 aromatic rings. The highest BCUT2D eigenvalue weighted by Gasteiger charge is 2.36. The van der Waals surface area contributed by atoms with Crippen molar-refractivity contribution in [2.24, 2.45) is 17.8 Å². The molecule has 0 radical (unpaired) electrons. The third kappa shape index (κ3) is 3.49. The first-order valence-electron chi connectivity index (χ1n) is 10.7. The first-order valence-corrected chi connectivity index (χ1v) is 10.7. The minimum absolute atomic E-state index is 0.113. The molecule has 0 heterocycles. The molecular formula is C25H29F3. The van der Waals surface area contributed by atoms with E-state index in [4.69, 9.17) is 0 Å². The van der Waals surface area contributed by atoms with Crippen LogP contribution in [0.4, 0.5) is 13.2 Å². The molecule has 0 aromatic heterocycles. The van der Waals surface area contributed by atoms with E-state index in [1.54, 1.807) is 18.2 Å². The van der Waals surface area contributed by atoms with E-state index in [2.05, 4.69) is 13.5 Å². The lowest BCUT2D eigenvalue weighted by atomic mass is 9.64. The summed E-state index contributed by atoms with van der Waals surface area (Å²) >= 11 is 0. The van der Waals surface area contributed by atoms with E-state index in [-0.39, 0.29) is 16.9 Å². The highest BCUT2D eigenvalue weighted by Crippen LogP contribution is 2.48. The second-order valence-electron chi connectivity index (χ2n) is 9.01. The van der Waals surface area contributed by atoms with Crippen LogP contribution in [0.15, 0.2) is 30.9 Å². The Kier molecular flexibility index (Phi) is 5.53. The Hall–Kier alpha value is -1.77. The van der Waals surface area contributed by atoms with E-state index in [9.17, 15) is 8.78 Å². The van der Waals surface area contributed by atoms with E-state index < -0.39 is 17.5 Å². The van der Waals surface area contributed by atoms with Crippen molar-refractivity contribution in [1.29, 1.82) is 0 Å². The summed E-state index contributed by atoms with van der Waals surface area (Å²) in [5, 5.41) is 0.260. The molecule has 0 aliphatic heterocycles. The van der Waals surface area contributed by atoms with Crippen molar-refractivity contribution in [3.8, 4) is 0 Å². The number of rotatable bonds is 4. The van der Waals surface area contributed by atoms with Gasteiger partial charge in [0.1, 0.15) is 5.82 Å². The largest absolute Gasteiger partial charge is 0.206 e. The molecule has 2 saturated carbocycles. The summed E-state index contributed by atoms with van der Waals surface area (Å²) in [6.07, 6.45) is 9.39. The maximum atomic E-state index is 15.3. The van der Waals surface area contributed by atoms with Crippen LogP contribution in [0.2, 0.25) is 0 Å². The Labute approximate surface area is 165 Å². The zero-order valence-electron chi connectivity index (χ0n) is 16.6. The van der Waals surface area contributed by atoms with Crippen LogP contribution in [-0.2, 0) is 6.42 Å². The molecule has 4 atom stereocenters. The molecule has 0 nitrogen and oxygen atoms in total. The molecule has 2 aliphatic carbocycles. The Balaban J connectivity index is 1.66. The Bertz CT molecular complexity index is 885. The van der Waals surface area contributed by atoms with Crippen LogP contribution in [0.5, 0.6) is 0 Å². The first-order chi connectivity index (χ1) is 13.5. The summed E-state index contributed by atoms with van der Waals surface area (Å²) in [6, 6.07) is 5.16. The summed E-state index contributed by atoms with van der Waals surface area (Å²) in [4.78, 5) is 0. The van der Waals surface area contributed by atoms with Crippen molar-refractivity contribution in [2.75, 3.05) is 0 Å². The van der Waals surface area contributed by atoms with Gasteiger partial charge in [0.2, 0.25) is 0 Å². The van der Waals surface area contributed by atoms with Crippen molar-refractivity contribution < 1.29 is 13.2 Å². The van der Waals surface area contributed by atoms with Crippen LogP contribution in [-0.4, -0.2) is 0 Å². The fourth-order valence-electron chi connectivity index (χ4n) is 5.61. The van der Waals surface area contributed by atoms with Crippen molar-refractivity contribution >= 4 is 10.8 Å². The van der Waals surface area contributed by atoms with Crippen LogP contribution < -0.4 is 0 Å². The van der Waals surface area contributed by atoms with Crippen LogP contribution in [0.25, 0.3) is 10.8 Å². The van der Waals surface area contributed by atoms with Gasteiger partial charge < -0.3 is 0 Å². The quantitative estimate of drug-likeness (QED) is 0.472. The highest BCUT2D eigenvalue weighted by atomic mass is 19.2. The van der Waals surface area contributed by atoms with Gasteiger partial charge in [-0.15, -0.1) is 6.58 Å². The van der Waals surface area contributed by atoms with Crippen molar-refractivity contribution in [3.63, 3.8) is 0 Å². The lowest BCUT2D eigenvalue weighted by Gasteiger charge is -2.41. The van der Waals surface area contributed by atoms with Gasteiger partial charge in [-0.25, -0.2) is 13.2 Å². The number of aryl methyl sites for hydroxylation is 1. The smallest absolute Gasteiger partial charge is 0.169 e. The number of halogens is 3. The third-order valence-electron chi connectivity index (χ3n) is 7.16. The van der Waals surface area contributed by atoms with Gasteiger partial charge in [0.05, 0.1) is 5.39 Å². The minimum Gasteiger partial charge on any atom is -0.206 e. The number of fused-ring (bicyclic) bond motifs is 2. The Morgan fingerprint density at radius 2 is 1.71 bits per heavy atom. The lowest BCUT2D eigenvalue weighted by molar-refractivity contribution is 0.124. The molecule has 0 amide bonds. The average Bonchev–Trinajstić information content (AvgIpc) is 2.69. The highest BCUT2D eigenvalue weighted by molar-refractivity contribution is 5.85. The predicted molar refractivity (Wildman–Crippen MR) is 109 cm³/mol. The van der Waals surface area contributed by atoms with E-state index in [0.29, 0.717) is 29.7 Å². The number of allylic oxidation sites excluding steroid dienone is 1. The summed E-state index contributed by atoms with van der Waals surface area (Å²) in [7, 11) is 0. The summed E-state index contributed by atoms with van der Waals surface area (Å²) in [6.45, 7) is 5.95.